The van der Waals surface area contributed by atoms with Gasteiger partial charge >= 0.3 is 0 Å². The van der Waals surface area contributed by atoms with Gasteiger partial charge in [0.15, 0.2) is 5.65 Å². The Hall–Kier alpha value is -2.19. The number of aromatic nitrogens is 4. The maximum Gasteiger partial charge on any atom is 0.173 e. The number of rotatable bonds is 5. The molecule has 0 radical (unpaired) electrons. The van der Waals surface area contributed by atoms with Crippen molar-refractivity contribution in [3.63, 3.8) is 0 Å². The van der Waals surface area contributed by atoms with E-state index in [0.717, 1.165) is 53.0 Å². The molecule has 3 N–H and O–H groups in total. The summed E-state index contributed by atoms with van der Waals surface area (Å²) in [5.41, 5.74) is 1.81. The second-order valence-electron chi connectivity index (χ2n) is 6.57. The Morgan fingerprint density at radius 2 is 2.15 bits per heavy atom. The Morgan fingerprint density at radius 3 is 2.96 bits per heavy atom. The minimum Gasteiger partial charge on any atom is -0.391 e. The van der Waals surface area contributed by atoms with E-state index in [1.807, 2.05) is 24.4 Å². The maximum absolute atomic E-state index is 10.2. The number of aliphatic hydroxyl groups is 1. The van der Waals surface area contributed by atoms with Crippen LogP contribution in [0.1, 0.15) is 31.2 Å². The van der Waals surface area contributed by atoms with Crippen molar-refractivity contribution in [1.82, 2.24) is 19.6 Å². The van der Waals surface area contributed by atoms with Crippen molar-refractivity contribution in [2.75, 3.05) is 10.6 Å². The maximum atomic E-state index is 10.2. The molecule has 8 heteroatoms. The topological polar surface area (TPSA) is 87.4 Å². The van der Waals surface area contributed by atoms with Crippen LogP contribution in [0.2, 0.25) is 0 Å². The van der Waals surface area contributed by atoms with E-state index in [4.69, 9.17) is 0 Å². The van der Waals surface area contributed by atoms with E-state index in [0.29, 0.717) is 6.54 Å². The van der Waals surface area contributed by atoms with Gasteiger partial charge in [-0.05, 0) is 40.4 Å². The predicted octanol–water partition coefficient (Wildman–Crippen LogP) is 3.21. The van der Waals surface area contributed by atoms with Gasteiger partial charge in [0, 0.05) is 25.0 Å². The fourth-order valence-corrected chi connectivity index (χ4v) is 3.65. The highest BCUT2D eigenvalue weighted by molar-refractivity contribution is 9.10. The Labute approximate surface area is 160 Å². The quantitative estimate of drug-likeness (QED) is 0.591. The highest BCUT2D eigenvalue weighted by atomic mass is 79.9. The molecule has 1 fully saturated rings. The van der Waals surface area contributed by atoms with Crippen LogP contribution in [0.4, 0.5) is 11.6 Å². The molecule has 0 amide bonds. The van der Waals surface area contributed by atoms with Crippen LogP contribution in [-0.2, 0) is 6.54 Å². The van der Waals surface area contributed by atoms with Gasteiger partial charge in [-0.1, -0.05) is 18.9 Å². The van der Waals surface area contributed by atoms with Gasteiger partial charge in [0.2, 0.25) is 0 Å². The summed E-state index contributed by atoms with van der Waals surface area (Å²) in [6.45, 7) is 0.635. The van der Waals surface area contributed by atoms with Crippen molar-refractivity contribution in [3.05, 3.63) is 46.8 Å². The van der Waals surface area contributed by atoms with Gasteiger partial charge in [-0.15, -0.1) is 0 Å². The summed E-state index contributed by atoms with van der Waals surface area (Å²) in [7, 11) is 0. The van der Waals surface area contributed by atoms with Gasteiger partial charge in [-0.3, -0.25) is 4.98 Å². The first-order valence-electron chi connectivity index (χ1n) is 8.82. The number of halogens is 1. The van der Waals surface area contributed by atoms with Crippen LogP contribution < -0.4 is 10.6 Å². The Bertz CT molecular complexity index is 884. The molecule has 4 rings (SSSR count). The number of pyridine rings is 1. The number of anilines is 2. The average Bonchev–Trinajstić information content (AvgIpc) is 3.04. The van der Waals surface area contributed by atoms with Crippen LogP contribution >= 0.6 is 15.9 Å². The fraction of sp³-hybridized carbons (Fsp3) is 0.389. The zero-order valence-corrected chi connectivity index (χ0v) is 15.9. The number of aliphatic hydroxyl groups excluding tert-OH is 1. The molecule has 0 bridgehead atoms. The molecule has 0 saturated heterocycles. The van der Waals surface area contributed by atoms with Crippen molar-refractivity contribution in [1.29, 1.82) is 0 Å². The molecule has 3 aromatic heterocycles. The van der Waals surface area contributed by atoms with Gasteiger partial charge in [0.1, 0.15) is 11.6 Å². The molecule has 0 aromatic carbocycles. The van der Waals surface area contributed by atoms with E-state index < -0.39 is 0 Å². The van der Waals surface area contributed by atoms with Crippen molar-refractivity contribution in [3.8, 4) is 0 Å². The van der Waals surface area contributed by atoms with Crippen molar-refractivity contribution in [2.45, 2.75) is 44.4 Å². The largest absolute Gasteiger partial charge is 0.391 e. The molecule has 2 atom stereocenters. The number of nitrogens with one attached hydrogen (secondary N) is 2. The molecule has 0 aliphatic heterocycles. The Kier molecular flexibility index (Phi) is 5.03. The summed E-state index contributed by atoms with van der Waals surface area (Å²) in [5, 5.41) is 21.4. The molecular weight excluding hydrogens is 396 g/mol. The van der Waals surface area contributed by atoms with Crippen molar-refractivity contribution < 1.29 is 5.11 Å². The van der Waals surface area contributed by atoms with Crippen LogP contribution in [0, 0.1) is 0 Å². The molecule has 1 saturated carbocycles. The van der Waals surface area contributed by atoms with Crippen LogP contribution in [-0.4, -0.2) is 36.8 Å². The molecule has 3 heterocycles. The van der Waals surface area contributed by atoms with Crippen LogP contribution in [0.25, 0.3) is 5.65 Å². The van der Waals surface area contributed by atoms with Gasteiger partial charge in [0.25, 0.3) is 0 Å². The van der Waals surface area contributed by atoms with Crippen molar-refractivity contribution in [2.24, 2.45) is 0 Å². The van der Waals surface area contributed by atoms with Gasteiger partial charge in [-0.25, -0.2) is 4.98 Å². The predicted molar refractivity (Wildman–Crippen MR) is 104 cm³/mol. The molecule has 26 heavy (non-hydrogen) atoms. The fourth-order valence-electron chi connectivity index (χ4n) is 3.30. The first-order valence-corrected chi connectivity index (χ1v) is 9.61. The molecule has 1 aliphatic carbocycles. The third-order valence-electron chi connectivity index (χ3n) is 4.69. The third kappa shape index (κ3) is 3.66. The first-order chi connectivity index (χ1) is 12.7. The SMILES string of the molecule is O[C@H]1CCCCC1Nc1cc(NCc2cccnc2)n2ncc(Br)c2n1. The first kappa shape index (κ1) is 17.2. The average molecular weight is 417 g/mol. The Balaban J connectivity index is 1.60. The molecule has 3 aromatic rings. The summed E-state index contributed by atoms with van der Waals surface area (Å²) in [5.74, 6) is 1.57. The highest BCUT2D eigenvalue weighted by Gasteiger charge is 2.23. The van der Waals surface area contributed by atoms with Crippen molar-refractivity contribution >= 4 is 33.2 Å². The van der Waals surface area contributed by atoms with Gasteiger partial charge in [0.05, 0.1) is 22.8 Å². The smallest absolute Gasteiger partial charge is 0.173 e. The van der Waals surface area contributed by atoms with E-state index in [1.165, 1.54) is 0 Å². The summed E-state index contributed by atoms with van der Waals surface area (Å²) in [4.78, 5) is 8.80. The minimum absolute atomic E-state index is 0.0339. The van der Waals surface area contributed by atoms with Gasteiger partial charge in [-0.2, -0.15) is 9.61 Å². The Morgan fingerprint density at radius 1 is 1.27 bits per heavy atom. The normalized spacial score (nSPS) is 20.2. The molecule has 1 unspecified atom stereocenters. The summed E-state index contributed by atoms with van der Waals surface area (Å²) in [6.07, 6.45) is 8.99. The number of fused-ring (bicyclic) bond motifs is 1. The zero-order valence-electron chi connectivity index (χ0n) is 14.3. The summed E-state index contributed by atoms with van der Waals surface area (Å²) < 4.78 is 2.60. The second-order valence-corrected chi connectivity index (χ2v) is 7.43. The minimum atomic E-state index is -0.332. The standard InChI is InChI=1S/C18H21BrN6O/c19-13-11-22-25-17(21-10-12-4-3-7-20-9-12)8-16(24-18(13)25)23-14-5-1-2-6-15(14)26/h3-4,7-9,11,14-15,21,26H,1-2,5-6,10H2,(H,23,24)/t14?,15-/m0/s1. The van der Waals surface area contributed by atoms with E-state index in [2.05, 4.69) is 41.6 Å². The molecule has 136 valence electrons. The van der Waals surface area contributed by atoms with E-state index >= 15 is 0 Å². The molecule has 1 aliphatic rings. The lowest BCUT2D eigenvalue weighted by molar-refractivity contribution is 0.116. The lowest BCUT2D eigenvalue weighted by Gasteiger charge is -2.29. The highest BCUT2D eigenvalue weighted by Crippen LogP contribution is 2.26. The number of hydrogen-bond donors (Lipinski definition) is 3. The zero-order chi connectivity index (χ0) is 17.9. The number of nitrogens with zero attached hydrogens (tertiary/aromatic N) is 4. The lowest BCUT2D eigenvalue weighted by Crippen LogP contribution is -2.36. The van der Waals surface area contributed by atoms with Crippen LogP contribution in [0.3, 0.4) is 0 Å². The second kappa shape index (κ2) is 7.59. The summed E-state index contributed by atoms with van der Waals surface area (Å²) >= 11 is 3.51. The third-order valence-corrected chi connectivity index (χ3v) is 5.25. The molecule has 0 spiro atoms. The molecular formula is C18H21BrN6O. The van der Waals surface area contributed by atoms with E-state index in [9.17, 15) is 5.11 Å². The van der Waals surface area contributed by atoms with E-state index in [-0.39, 0.29) is 12.1 Å². The monoisotopic (exact) mass is 416 g/mol. The van der Waals surface area contributed by atoms with Crippen LogP contribution in [0.5, 0.6) is 0 Å². The van der Waals surface area contributed by atoms with E-state index in [1.54, 1.807) is 16.9 Å². The molecule has 7 nitrogen and oxygen atoms in total. The number of hydrogen-bond acceptors (Lipinski definition) is 6. The summed E-state index contributed by atoms with van der Waals surface area (Å²) in [6, 6.07) is 5.91. The van der Waals surface area contributed by atoms with Gasteiger partial charge < -0.3 is 15.7 Å². The lowest BCUT2D eigenvalue weighted by atomic mass is 9.92. The van der Waals surface area contributed by atoms with Crippen LogP contribution in [0.15, 0.2) is 41.3 Å².